The average molecular weight is 1350 g/mol. The minimum absolute atomic E-state index is 0.0652. The maximum Gasteiger partial charge on any atom is 0.253 e. The number of rotatable bonds is 45. The number of amides is 2. The van der Waals surface area contributed by atoms with Crippen molar-refractivity contribution in [3.63, 3.8) is 0 Å². The lowest BCUT2D eigenvalue weighted by Crippen LogP contribution is -2.49. The number of ether oxygens (including phenoxy) is 9. The molecule has 0 saturated heterocycles. The quantitative estimate of drug-likeness (QED) is 0.0125. The summed E-state index contributed by atoms with van der Waals surface area (Å²) in [5.74, 6) is -1.48. The lowest BCUT2D eigenvalue weighted by atomic mass is 9.84. The molecule has 2 aliphatic heterocycles. The van der Waals surface area contributed by atoms with Crippen molar-refractivity contribution < 1.29 is 67.5 Å². The van der Waals surface area contributed by atoms with Gasteiger partial charge in [0, 0.05) is 101 Å². The van der Waals surface area contributed by atoms with Crippen LogP contribution in [0.2, 0.25) is 20.1 Å². The number of aliphatic hydroxyl groups is 3. The Labute approximate surface area is 552 Å². The highest BCUT2D eigenvalue weighted by molar-refractivity contribution is 6.35. The molecule has 28 heteroatoms. The Morgan fingerprint density at radius 2 is 0.934 bits per heavy atom. The summed E-state index contributed by atoms with van der Waals surface area (Å²) in [6, 6.07) is 23.6. The van der Waals surface area contributed by atoms with Crippen molar-refractivity contribution in [2.75, 3.05) is 166 Å². The number of fused-ring (bicyclic) bond motifs is 2. The van der Waals surface area contributed by atoms with Gasteiger partial charge < -0.3 is 89.0 Å². The molecule has 9 N–H and O–H groups in total. The van der Waals surface area contributed by atoms with Crippen molar-refractivity contribution in [2.24, 2.45) is 10.2 Å². The first-order chi connectivity index (χ1) is 44.2. The zero-order chi connectivity index (χ0) is 65.2. The van der Waals surface area contributed by atoms with Gasteiger partial charge in [0.25, 0.3) is 5.91 Å². The molecule has 0 spiro atoms. The van der Waals surface area contributed by atoms with E-state index in [2.05, 4.69) is 79.7 Å². The van der Waals surface area contributed by atoms with Crippen molar-refractivity contribution in [3.05, 3.63) is 150 Å². The Morgan fingerprint density at radius 3 is 1.34 bits per heavy atom. The molecular formula is C63H86Cl4N10O14. The normalized spacial score (nSPS) is 16.4. The second kappa shape index (κ2) is 42.1. The molecule has 0 unspecified atom stereocenters. The van der Waals surface area contributed by atoms with E-state index in [9.17, 15) is 24.9 Å². The standard InChI is InChI=1S/C63H86Cl4N10O14/c1-76-38-51(49-31-47(64)33-55(66)53(49)40-76)43-5-3-7-45(29-43)57(74-68)36-70-9-12-83-15-18-86-21-22-88-20-17-85-14-11-72-60(79)35-59(78)61(80)62(81)63(82)73-42-91-28-27-90-26-25-89-24-23-87-19-16-84-13-10-71-37-58(75-69)46-8-4-6-44(30-46)52-39-77(2)41-54-50(52)32-48(65)34-56(54)67/h3-8,29-34,36-37,51-52,59,61-62,68-71,78,80-81H,9-28,35,38-42H2,1-2H3,(H,72,79)(H,73,82)/b57-36-,58-37-,74-68?,75-69?/t51-,52-,59+,61+,62-/m0/s1. The molecule has 2 aliphatic rings. The van der Waals surface area contributed by atoms with Crippen LogP contribution >= 0.6 is 46.4 Å². The number of carbonyl (C=O) groups excluding carboxylic acids is 2. The summed E-state index contributed by atoms with van der Waals surface area (Å²) in [4.78, 5) is 29.1. The van der Waals surface area contributed by atoms with Gasteiger partial charge in [-0.05, 0) is 83.9 Å². The van der Waals surface area contributed by atoms with Gasteiger partial charge in [0.05, 0.1) is 125 Å². The van der Waals surface area contributed by atoms with Crippen LogP contribution in [0.3, 0.4) is 0 Å². The smallest absolute Gasteiger partial charge is 0.253 e. The van der Waals surface area contributed by atoms with Crippen LogP contribution in [0.15, 0.2) is 95.4 Å². The number of hydrogen-bond donors (Lipinski definition) is 9. The van der Waals surface area contributed by atoms with Gasteiger partial charge in [0.15, 0.2) is 6.10 Å². The van der Waals surface area contributed by atoms with Crippen LogP contribution < -0.4 is 21.3 Å². The lowest BCUT2D eigenvalue weighted by Gasteiger charge is -2.33. The molecule has 0 bridgehead atoms. The number of nitrogens with zero attached hydrogens (tertiary/aromatic N) is 4. The third-order valence-electron chi connectivity index (χ3n) is 14.6. The zero-order valence-electron chi connectivity index (χ0n) is 51.5. The first-order valence-electron chi connectivity index (χ1n) is 30.1. The van der Waals surface area contributed by atoms with E-state index < -0.39 is 36.5 Å². The number of aliphatic hydroxyl groups excluding tert-OH is 3. The molecule has 2 amide bonds. The Balaban J connectivity index is 0.667. The molecule has 2 heterocycles. The van der Waals surface area contributed by atoms with Gasteiger partial charge in [-0.2, -0.15) is 10.2 Å². The fraction of sp³-hybridized carbons (Fsp3) is 0.524. The van der Waals surface area contributed by atoms with Gasteiger partial charge in [-0.25, -0.2) is 11.1 Å². The molecule has 0 aliphatic carbocycles. The van der Waals surface area contributed by atoms with Crippen LogP contribution in [0.1, 0.15) is 62.8 Å². The topological polar surface area (TPSA) is 305 Å². The predicted octanol–water partition coefficient (Wildman–Crippen LogP) is 6.81. The molecule has 0 saturated carbocycles. The third kappa shape index (κ3) is 26.2. The van der Waals surface area contributed by atoms with Crippen LogP contribution in [0.4, 0.5) is 0 Å². The van der Waals surface area contributed by atoms with Gasteiger partial charge in [-0.15, -0.1) is 0 Å². The zero-order valence-corrected chi connectivity index (χ0v) is 54.5. The highest BCUT2D eigenvalue weighted by Crippen LogP contribution is 2.41. The number of benzene rings is 4. The lowest BCUT2D eigenvalue weighted by molar-refractivity contribution is -0.145. The molecule has 24 nitrogen and oxygen atoms in total. The Kier molecular flexibility index (Phi) is 34.6. The fourth-order valence-corrected chi connectivity index (χ4v) is 11.1. The summed E-state index contributed by atoms with van der Waals surface area (Å²) in [6.07, 6.45) is -2.82. The molecular weight excluding hydrogens is 1260 g/mol. The minimum atomic E-state index is -2.02. The second-order valence-corrected chi connectivity index (χ2v) is 23.1. The molecule has 4 aromatic carbocycles. The molecule has 0 aromatic heterocycles. The highest BCUT2D eigenvalue weighted by atomic mass is 35.5. The first-order valence-corrected chi connectivity index (χ1v) is 31.6. The summed E-state index contributed by atoms with van der Waals surface area (Å²) >= 11 is 25.9. The van der Waals surface area contributed by atoms with Crippen molar-refractivity contribution in [1.29, 1.82) is 11.1 Å². The average Bonchev–Trinajstić information content (AvgIpc) is 0.837. The molecule has 6 rings (SSSR count). The minimum Gasteiger partial charge on any atom is -0.390 e. The molecule has 4 aromatic rings. The van der Waals surface area contributed by atoms with E-state index >= 15 is 0 Å². The summed E-state index contributed by atoms with van der Waals surface area (Å²) in [5, 5.41) is 52.0. The largest absolute Gasteiger partial charge is 0.390 e. The van der Waals surface area contributed by atoms with Gasteiger partial charge in [0.1, 0.15) is 24.2 Å². The number of hydrogen-bond acceptors (Lipinski definition) is 22. The predicted molar refractivity (Wildman–Crippen MR) is 346 cm³/mol. The van der Waals surface area contributed by atoms with Crippen molar-refractivity contribution in [2.45, 2.75) is 49.7 Å². The molecule has 5 atom stereocenters. The van der Waals surface area contributed by atoms with Gasteiger partial charge in [-0.1, -0.05) is 82.8 Å². The maximum absolute atomic E-state index is 12.3. The molecule has 500 valence electrons. The summed E-state index contributed by atoms with van der Waals surface area (Å²) < 4.78 is 49.6. The van der Waals surface area contributed by atoms with Crippen LogP contribution in [0, 0.1) is 11.1 Å². The van der Waals surface area contributed by atoms with E-state index in [0.29, 0.717) is 130 Å². The van der Waals surface area contributed by atoms with Crippen molar-refractivity contribution in [1.82, 2.24) is 31.1 Å². The number of halogens is 4. The van der Waals surface area contributed by atoms with E-state index in [-0.39, 0.29) is 51.5 Å². The summed E-state index contributed by atoms with van der Waals surface area (Å²) in [7, 11) is 4.13. The van der Waals surface area contributed by atoms with E-state index in [1.54, 1.807) is 24.5 Å². The molecule has 0 radical (unpaired) electrons. The Hall–Kier alpha value is -5.30. The van der Waals surface area contributed by atoms with Crippen LogP contribution in [-0.2, 0) is 65.3 Å². The summed E-state index contributed by atoms with van der Waals surface area (Å²) in [6.45, 7) is 9.44. The first kappa shape index (κ1) is 74.7. The fourth-order valence-electron chi connectivity index (χ4n) is 10.0. The van der Waals surface area contributed by atoms with E-state index in [0.717, 1.165) is 70.7 Å². The summed E-state index contributed by atoms with van der Waals surface area (Å²) in [5.41, 5.74) is 24.8. The monoisotopic (exact) mass is 1350 g/mol. The van der Waals surface area contributed by atoms with E-state index in [1.165, 1.54) is 0 Å². The number of nitrogens with one attached hydrogen (secondary N) is 6. The highest BCUT2D eigenvalue weighted by Gasteiger charge is 2.32. The number of carbonyl (C=O) groups is 2. The molecule has 0 fully saturated rings. The Bertz CT molecular complexity index is 2960. The van der Waals surface area contributed by atoms with Crippen LogP contribution in [0.25, 0.3) is 11.4 Å². The number of likely N-dealkylation sites (N-methyl/N-ethyl adjacent to an activating group) is 2. The molecule has 91 heavy (non-hydrogen) atoms. The van der Waals surface area contributed by atoms with E-state index in [4.69, 9.17) is 100 Å². The van der Waals surface area contributed by atoms with Crippen LogP contribution in [-0.4, -0.2) is 221 Å². The van der Waals surface area contributed by atoms with Gasteiger partial charge in [0.2, 0.25) is 5.91 Å². The SMILES string of the molecule is CN1Cc2c(Cl)cc(Cl)cc2[C@H](c2cccc(/C(=C/NCCOCCOCCOCCOCCNC(=O)C[C@@H](O)[C@@H](O)[C@H](O)C(=O)NCOCCOCCOCCOCCOCCN/C=C(\N=N)c3cccc([C@@H]4CN(C)Cc5c(Cl)cc(Cl)cc54)c3)N=N)c2)C1. The maximum atomic E-state index is 12.3. The van der Waals surface area contributed by atoms with Crippen molar-refractivity contribution >= 4 is 69.6 Å². The van der Waals surface area contributed by atoms with Gasteiger partial charge >= 0.3 is 0 Å². The third-order valence-corrected chi connectivity index (χ3v) is 15.7. The van der Waals surface area contributed by atoms with Crippen molar-refractivity contribution in [3.8, 4) is 0 Å². The van der Waals surface area contributed by atoms with Gasteiger partial charge in [-0.3, -0.25) is 9.59 Å². The van der Waals surface area contributed by atoms with Crippen LogP contribution in [0.5, 0.6) is 0 Å². The van der Waals surface area contributed by atoms with E-state index in [1.807, 2.05) is 36.4 Å². The Morgan fingerprint density at radius 1 is 0.549 bits per heavy atom. The second-order valence-electron chi connectivity index (χ2n) is 21.4.